The van der Waals surface area contributed by atoms with Crippen molar-refractivity contribution in [3.05, 3.63) is 63.6 Å². The molecule has 0 saturated heterocycles. The molecule has 2 aromatic carbocycles. The highest BCUT2D eigenvalue weighted by molar-refractivity contribution is 6.34. The number of carbonyl (C=O) groups is 1. The molecular formula is C17H13Cl2NO3. The Labute approximate surface area is 143 Å². The number of rotatable bonds is 4. The van der Waals surface area contributed by atoms with Crippen LogP contribution in [0.3, 0.4) is 0 Å². The van der Waals surface area contributed by atoms with E-state index in [1.54, 1.807) is 24.3 Å². The first-order valence-corrected chi connectivity index (χ1v) is 7.67. The summed E-state index contributed by atoms with van der Waals surface area (Å²) in [5.74, 6) is 1.19. The van der Waals surface area contributed by atoms with Gasteiger partial charge in [-0.2, -0.15) is 0 Å². The SMILES string of the molecule is O=C(/C=C/c1cc(Cl)ccc1Cl)NCc1ccc2c(c1)OCO2. The Morgan fingerprint density at radius 1 is 1.13 bits per heavy atom. The van der Waals surface area contributed by atoms with E-state index in [1.165, 1.54) is 6.08 Å². The summed E-state index contributed by atoms with van der Waals surface area (Å²) in [6, 6.07) is 10.6. The van der Waals surface area contributed by atoms with Crippen LogP contribution in [-0.2, 0) is 11.3 Å². The van der Waals surface area contributed by atoms with Crippen molar-refractivity contribution in [1.29, 1.82) is 0 Å². The molecule has 2 aromatic rings. The molecule has 0 bridgehead atoms. The molecule has 1 amide bonds. The van der Waals surface area contributed by atoms with E-state index < -0.39 is 0 Å². The van der Waals surface area contributed by atoms with Crippen molar-refractivity contribution in [3.8, 4) is 11.5 Å². The van der Waals surface area contributed by atoms with Crippen LogP contribution in [0.15, 0.2) is 42.5 Å². The molecule has 1 N–H and O–H groups in total. The van der Waals surface area contributed by atoms with Crippen LogP contribution < -0.4 is 14.8 Å². The van der Waals surface area contributed by atoms with Gasteiger partial charge in [0.1, 0.15) is 0 Å². The highest BCUT2D eigenvalue weighted by Gasteiger charge is 2.13. The van der Waals surface area contributed by atoms with E-state index in [0.29, 0.717) is 27.9 Å². The van der Waals surface area contributed by atoms with E-state index in [0.717, 1.165) is 11.3 Å². The molecular weight excluding hydrogens is 337 g/mol. The first-order valence-electron chi connectivity index (χ1n) is 6.91. The van der Waals surface area contributed by atoms with Crippen molar-refractivity contribution < 1.29 is 14.3 Å². The van der Waals surface area contributed by atoms with Crippen molar-refractivity contribution in [2.24, 2.45) is 0 Å². The Hall–Kier alpha value is -2.17. The monoisotopic (exact) mass is 349 g/mol. The minimum absolute atomic E-state index is 0.223. The van der Waals surface area contributed by atoms with Crippen LogP contribution in [0, 0.1) is 0 Å². The third kappa shape index (κ3) is 3.97. The molecule has 4 nitrogen and oxygen atoms in total. The smallest absolute Gasteiger partial charge is 0.244 e. The first-order chi connectivity index (χ1) is 11.1. The summed E-state index contributed by atoms with van der Waals surface area (Å²) in [5, 5.41) is 3.90. The van der Waals surface area contributed by atoms with Gasteiger partial charge in [-0.1, -0.05) is 29.3 Å². The quantitative estimate of drug-likeness (QED) is 0.847. The van der Waals surface area contributed by atoms with Crippen molar-refractivity contribution in [3.63, 3.8) is 0 Å². The summed E-state index contributed by atoms with van der Waals surface area (Å²) in [5.41, 5.74) is 1.62. The van der Waals surface area contributed by atoms with E-state index in [1.807, 2.05) is 18.2 Å². The lowest BCUT2D eigenvalue weighted by atomic mass is 10.2. The average Bonchev–Trinajstić information content (AvgIpc) is 3.01. The minimum atomic E-state index is -0.223. The van der Waals surface area contributed by atoms with Gasteiger partial charge in [-0.15, -0.1) is 0 Å². The van der Waals surface area contributed by atoms with E-state index in [9.17, 15) is 4.79 Å². The molecule has 1 aliphatic rings. The lowest BCUT2D eigenvalue weighted by Crippen LogP contribution is -2.20. The van der Waals surface area contributed by atoms with Gasteiger partial charge in [-0.05, 0) is 47.5 Å². The molecule has 0 radical (unpaired) electrons. The maximum absolute atomic E-state index is 11.9. The van der Waals surface area contributed by atoms with Gasteiger partial charge in [0.25, 0.3) is 0 Å². The fraction of sp³-hybridized carbons (Fsp3) is 0.118. The highest BCUT2D eigenvalue weighted by atomic mass is 35.5. The summed E-state index contributed by atoms with van der Waals surface area (Å²) in [6.45, 7) is 0.622. The molecule has 0 unspecified atom stereocenters. The molecule has 0 spiro atoms. The molecule has 3 rings (SSSR count). The molecule has 23 heavy (non-hydrogen) atoms. The third-order valence-corrected chi connectivity index (χ3v) is 3.86. The molecule has 1 heterocycles. The number of hydrogen-bond acceptors (Lipinski definition) is 3. The fourth-order valence-corrected chi connectivity index (χ4v) is 2.47. The summed E-state index contributed by atoms with van der Waals surface area (Å²) in [4.78, 5) is 11.9. The fourth-order valence-electron chi connectivity index (χ4n) is 2.11. The van der Waals surface area contributed by atoms with Crippen LogP contribution in [0.1, 0.15) is 11.1 Å². The normalized spacial score (nSPS) is 12.6. The largest absolute Gasteiger partial charge is 0.454 e. The number of hydrogen-bond donors (Lipinski definition) is 1. The van der Waals surface area contributed by atoms with Crippen molar-refractivity contribution in [2.45, 2.75) is 6.54 Å². The zero-order valence-electron chi connectivity index (χ0n) is 12.0. The Balaban J connectivity index is 1.59. The Bertz CT molecular complexity index is 774. The van der Waals surface area contributed by atoms with Crippen molar-refractivity contribution in [1.82, 2.24) is 5.32 Å². The summed E-state index contributed by atoms with van der Waals surface area (Å²) in [6.07, 6.45) is 3.05. The van der Waals surface area contributed by atoms with Crippen molar-refractivity contribution in [2.75, 3.05) is 6.79 Å². The number of nitrogens with one attached hydrogen (secondary N) is 1. The zero-order valence-corrected chi connectivity index (χ0v) is 13.5. The Kier molecular flexibility index (Phi) is 4.74. The van der Waals surface area contributed by atoms with Crippen LogP contribution in [0.2, 0.25) is 10.0 Å². The van der Waals surface area contributed by atoms with Gasteiger partial charge >= 0.3 is 0 Å². The van der Waals surface area contributed by atoms with E-state index in [4.69, 9.17) is 32.7 Å². The van der Waals surface area contributed by atoms with Gasteiger partial charge in [0.05, 0.1) is 0 Å². The average molecular weight is 350 g/mol. The molecule has 0 fully saturated rings. The molecule has 0 aromatic heterocycles. The predicted octanol–water partition coefficient (Wildman–Crippen LogP) is 4.05. The van der Waals surface area contributed by atoms with E-state index >= 15 is 0 Å². The van der Waals surface area contributed by atoms with Gasteiger partial charge in [-0.3, -0.25) is 4.79 Å². The minimum Gasteiger partial charge on any atom is -0.454 e. The molecule has 1 aliphatic heterocycles. The van der Waals surface area contributed by atoms with Gasteiger partial charge in [0.2, 0.25) is 12.7 Å². The maximum Gasteiger partial charge on any atom is 0.244 e. The van der Waals surface area contributed by atoms with Crippen LogP contribution >= 0.6 is 23.2 Å². The zero-order chi connectivity index (χ0) is 16.2. The number of amides is 1. The summed E-state index contributed by atoms with van der Waals surface area (Å²) >= 11 is 11.9. The highest BCUT2D eigenvalue weighted by Crippen LogP contribution is 2.32. The number of ether oxygens (including phenoxy) is 2. The Morgan fingerprint density at radius 3 is 2.83 bits per heavy atom. The Morgan fingerprint density at radius 2 is 1.96 bits per heavy atom. The standard InChI is InChI=1S/C17H13Cl2NO3/c18-13-3-4-14(19)12(8-13)2-6-17(21)20-9-11-1-5-15-16(7-11)23-10-22-15/h1-8H,9-10H2,(H,20,21)/b6-2+. The lowest BCUT2D eigenvalue weighted by molar-refractivity contribution is -0.116. The number of benzene rings is 2. The molecule has 0 saturated carbocycles. The second kappa shape index (κ2) is 6.94. The van der Waals surface area contributed by atoms with Gasteiger partial charge in [-0.25, -0.2) is 0 Å². The molecule has 0 atom stereocenters. The predicted molar refractivity (Wildman–Crippen MR) is 89.9 cm³/mol. The summed E-state index contributed by atoms with van der Waals surface area (Å²) in [7, 11) is 0. The van der Waals surface area contributed by atoms with Crippen LogP contribution in [-0.4, -0.2) is 12.7 Å². The second-order valence-electron chi connectivity index (χ2n) is 4.90. The van der Waals surface area contributed by atoms with Crippen molar-refractivity contribution >= 4 is 35.2 Å². The molecule has 0 aliphatic carbocycles. The topological polar surface area (TPSA) is 47.6 Å². The summed E-state index contributed by atoms with van der Waals surface area (Å²) < 4.78 is 10.5. The van der Waals surface area contributed by atoms with E-state index in [2.05, 4.69) is 5.32 Å². The van der Waals surface area contributed by atoms with Crippen LogP contribution in [0.25, 0.3) is 6.08 Å². The van der Waals surface area contributed by atoms with E-state index in [-0.39, 0.29) is 12.7 Å². The first kappa shape index (κ1) is 15.7. The number of halogens is 2. The number of carbonyl (C=O) groups excluding carboxylic acids is 1. The van der Waals surface area contributed by atoms with Crippen LogP contribution in [0.4, 0.5) is 0 Å². The lowest BCUT2D eigenvalue weighted by Gasteiger charge is -2.04. The molecule has 118 valence electrons. The third-order valence-electron chi connectivity index (χ3n) is 3.28. The molecule has 6 heteroatoms. The van der Waals surface area contributed by atoms with Gasteiger partial charge < -0.3 is 14.8 Å². The second-order valence-corrected chi connectivity index (χ2v) is 5.75. The van der Waals surface area contributed by atoms with Crippen LogP contribution in [0.5, 0.6) is 11.5 Å². The van der Waals surface area contributed by atoms with Gasteiger partial charge in [0.15, 0.2) is 11.5 Å². The maximum atomic E-state index is 11.9. The number of fused-ring (bicyclic) bond motifs is 1. The van der Waals surface area contributed by atoms with Gasteiger partial charge in [0, 0.05) is 22.7 Å².